The number of ether oxygens (including phenoxy) is 1. The standard InChI is InChI=1S/C22H33N5O4S/c1-5-8-23-21(29)27-10-9-26(12-15(27)3)13-17-18(20(28)31-6-2)19(16-7-11-32-14-16)24-22(30)25(17)4/h7,11,14-15,19H,5-6,8-10,12-13H2,1-4H3,(H,23,29)(H,24,30). The number of piperazine rings is 1. The van der Waals surface area contributed by atoms with Crippen LogP contribution < -0.4 is 10.6 Å². The van der Waals surface area contributed by atoms with Crippen molar-refractivity contribution >= 4 is 29.4 Å². The van der Waals surface area contributed by atoms with Gasteiger partial charge in [0.2, 0.25) is 0 Å². The van der Waals surface area contributed by atoms with Gasteiger partial charge in [-0.25, -0.2) is 14.4 Å². The van der Waals surface area contributed by atoms with Crippen molar-refractivity contribution in [3.63, 3.8) is 0 Å². The molecule has 0 bridgehead atoms. The minimum atomic E-state index is -0.544. The number of carbonyl (C=O) groups excluding carboxylic acids is 3. The van der Waals surface area contributed by atoms with Gasteiger partial charge in [-0.1, -0.05) is 6.92 Å². The van der Waals surface area contributed by atoms with Crippen LogP contribution in [0.5, 0.6) is 0 Å². The zero-order valence-electron chi connectivity index (χ0n) is 19.2. The minimum Gasteiger partial charge on any atom is -0.463 e. The van der Waals surface area contributed by atoms with Gasteiger partial charge in [0.1, 0.15) is 0 Å². The molecule has 2 atom stereocenters. The monoisotopic (exact) mass is 463 g/mol. The summed E-state index contributed by atoms with van der Waals surface area (Å²) in [4.78, 5) is 43.7. The molecule has 3 heterocycles. The van der Waals surface area contributed by atoms with E-state index in [9.17, 15) is 14.4 Å². The Morgan fingerprint density at radius 2 is 2.09 bits per heavy atom. The highest BCUT2D eigenvalue weighted by atomic mass is 32.1. The van der Waals surface area contributed by atoms with Crippen molar-refractivity contribution in [3.8, 4) is 0 Å². The topological polar surface area (TPSA) is 94.2 Å². The van der Waals surface area contributed by atoms with E-state index >= 15 is 0 Å². The highest BCUT2D eigenvalue weighted by Crippen LogP contribution is 2.32. The molecule has 0 saturated carbocycles. The van der Waals surface area contributed by atoms with E-state index in [1.54, 1.807) is 14.0 Å². The van der Waals surface area contributed by atoms with Crippen LogP contribution in [0.1, 0.15) is 38.8 Å². The summed E-state index contributed by atoms with van der Waals surface area (Å²) in [5.41, 5.74) is 1.96. The minimum absolute atomic E-state index is 0.0163. The maximum atomic E-state index is 13.0. The second-order valence-electron chi connectivity index (χ2n) is 8.09. The van der Waals surface area contributed by atoms with E-state index in [2.05, 4.69) is 15.5 Å². The molecule has 1 aromatic rings. The number of urea groups is 2. The van der Waals surface area contributed by atoms with Crippen LogP contribution in [-0.2, 0) is 9.53 Å². The van der Waals surface area contributed by atoms with Crippen LogP contribution in [0.15, 0.2) is 28.1 Å². The lowest BCUT2D eigenvalue weighted by molar-refractivity contribution is -0.139. The molecule has 1 aromatic heterocycles. The Balaban J connectivity index is 1.84. The summed E-state index contributed by atoms with van der Waals surface area (Å²) in [7, 11) is 1.67. The molecular formula is C22H33N5O4S. The van der Waals surface area contributed by atoms with Gasteiger partial charge in [-0.05, 0) is 42.7 Å². The third kappa shape index (κ3) is 5.24. The van der Waals surface area contributed by atoms with E-state index in [1.165, 1.54) is 16.2 Å². The SMILES string of the molecule is CCCNC(=O)N1CCN(CC2=C(C(=O)OCC)C(c3ccsc3)NC(=O)N2C)CC1C. The van der Waals surface area contributed by atoms with Gasteiger partial charge in [0, 0.05) is 51.5 Å². The molecule has 0 spiro atoms. The van der Waals surface area contributed by atoms with Crippen LogP contribution in [0, 0.1) is 0 Å². The molecule has 1 fully saturated rings. The number of hydrogen-bond donors (Lipinski definition) is 2. The average molecular weight is 464 g/mol. The second-order valence-corrected chi connectivity index (χ2v) is 8.87. The van der Waals surface area contributed by atoms with Crippen molar-refractivity contribution < 1.29 is 19.1 Å². The van der Waals surface area contributed by atoms with Crippen LogP contribution in [-0.4, -0.2) is 85.2 Å². The molecule has 176 valence electrons. The smallest absolute Gasteiger partial charge is 0.338 e. The maximum Gasteiger partial charge on any atom is 0.338 e. The first kappa shape index (κ1) is 24.1. The first-order valence-corrected chi connectivity index (χ1v) is 12.0. The van der Waals surface area contributed by atoms with Crippen molar-refractivity contribution in [1.82, 2.24) is 25.3 Å². The Labute approximate surface area is 193 Å². The first-order chi connectivity index (χ1) is 15.4. The van der Waals surface area contributed by atoms with Gasteiger partial charge in [0.15, 0.2) is 0 Å². The molecule has 2 N–H and O–H groups in total. The lowest BCUT2D eigenvalue weighted by Gasteiger charge is -2.42. The van der Waals surface area contributed by atoms with Gasteiger partial charge in [0.05, 0.1) is 18.2 Å². The maximum absolute atomic E-state index is 13.0. The fourth-order valence-corrected chi connectivity index (χ4v) is 4.80. The third-order valence-corrected chi connectivity index (χ3v) is 6.52. The number of likely N-dealkylation sites (N-methyl/N-ethyl adjacent to an activating group) is 1. The van der Waals surface area contributed by atoms with Gasteiger partial charge in [-0.2, -0.15) is 11.3 Å². The Hall–Kier alpha value is -2.59. The summed E-state index contributed by atoms with van der Waals surface area (Å²) in [5, 5.41) is 9.72. The predicted molar refractivity (Wildman–Crippen MR) is 123 cm³/mol. The summed E-state index contributed by atoms with van der Waals surface area (Å²) in [6, 6.07) is 1.08. The highest BCUT2D eigenvalue weighted by molar-refractivity contribution is 7.08. The normalized spacial score (nSPS) is 22.1. The van der Waals surface area contributed by atoms with Gasteiger partial charge >= 0.3 is 18.0 Å². The molecule has 0 radical (unpaired) electrons. The van der Waals surface area contributed by atoms with E-state index in [4.69, 9.17) is 4.74 Å². The highest BCUT2D eigenvalue weighted by Gasteiger charge is 2.38. The number of carbonyl (C=O) groups is 3. The van der Waals surface area contributed by atoms with E-state index < -0.39 is 12.0 Å². The molecule has 32 heavy (non-hydrogen) atoms. The Bertz CT molecular complexity index is 857. The number of esters is 1. The molecule has 0 aromatic carbocycles. The van der Waals surface area contributed by atoms with Gasteiger partial charge < -0.3 is 20.3 Å². The molecule has 4 amide bonds. The predicted octanol–water partition coefficient (Wildman–Crippen LogP) is 2.39. The van der Waals surface area contributed by atoms with Gasteiger partial charge in [-0.15, -0.1) is 0 Å². The van der Waals surface area contributed by atoms with Crippen molar-refractivity contribution in [2.75, 3.05) is 46.4 Å². The summed E-state index contributed by atoms with van der Waals surface area (Å²) in [6.07, 6.45) is 0.893. The quantitative estimate of drug-likeness (QED) is 0.606. The second kappa shape index (κ2) is 10.8. The number of nitrogens with one attached hydrogen (secondary N) is 2. The lowest BCUT2D eigenvalue weighted by Crippen LogP contribution is -2.58. The molecule has 2 unspecified atom stereocenters. The summed E-state index contributed by atoms with van der Waals surface area (Å²) in [5.74, 6) is -0.420. The first-order valence-electron chi connectivity index (χ1n) is 11.1. The van der Waals surface area contributed by atoms with Crippen molar-refractivity contribution in [2.45, 2.75) is 39.3 Å². The molecule has 0 aliphatic carbocycles. The van der Waals surface area contributed by atoms with E-state index in [1.807, 2.05) is 35.6 Å². The molecule has 2 aliphatic rings. The van der Waals surface area contributed by atoms with Crippen LogP contribution in [0.3, 0.4) is 0 Å². The molecule has 1 saturated heterocycles. The molecule has 3 rings (SSSR count). The molecular weight excluding hydrogens is 430 g/mol. The van der Waals surface area contributed by atoms with Crippen LogP contribution in [0.2, 0.25) is 0 Å². The number of amides is 4. The number of hydrogen-bond acceptors (Lipinski definition) is 6. The zero-order valence-corrected chi connectivity index (χ0v) is 20.0. The van der Waals surface area contributed by atoms with E-state index in [-0.39, 0.29) is 24.7 Å². The fourth-order valence-electron chi connectivity index (χ4n) is 4.11. The molecule has 9 nitrogen and oxygen atoms in total. The summed E-state index contributed by atoms with van der Waals surface area (Å²) < 4.78 is 5.37. The van der Waals surface area contributed by atoms with Gasteiger partial charge in [0.25, 0.3) is 0 Å². The van der Waals surface area contributed by atoms with Crippen LogP contribution in [0.25, 0.3) is 0 Å². The Morgan fingerprint density at radius 3 is 2.72 bits per heavy atom. The van der Waals surface area contributed by atoms with Crippen molar-refractivity contribution in [3.05, 3.63) is 33.7 Å². The summed E-state index contributed by atoms with van der Waals surface area (Å²) in [6.45, 7) is 9.04. The summed E-state index contributed by atoms with van der Waals surface area (Å²) >= 11 is 1.51. The largest absolute Gasteiger partial charge is 0.463 e. The average Bonchev–Trinajstić information content (AvgIpc) is 3.30. The molecule has 10 heteroatoms. The lowest BCUT2D eigenvalue weighted by atomic mass is 9.96. The van der Waals surface area contributed by atoms with Crippen LogP contribution >= 0.6 is 11.3 Å². The fraction of sp³-hybridized carbons (Fsp3) is 0.591. The number of nitrogens with zero attached hydrogens (tertiary/aromatic N) is 3. The number of rotatable bonds is 7. The van der Waals surface area contributed by atoms with E-state index in [0.717, 1.165) is 12.0 Å². The number of thiophene rings is 1. The van der Waals surface area contributed by atoms with Crippen molar-refractivity contribution in [2.24, 2.45) is 0 Å². The van der Waals surface area contributed by atoms with Crippen LogP contribution in [0.4, 0.5) is 9.59 Å². The van der Waals surface area contributed by atoms with E-state index in [0.29, 0.717) is 44.0 Å². The van der Waals surface area contributed by atoms with Crippen molar-refractivity contribution in [1.29, 1.82) is 0 Å². The zero-order chi connectivity index (χ0) is 23.3. The Morgan fingerprint density at radius 1 is 1.31 bits per heavy atom. The molecule has 2 aliphatic heterocycles. The van der Waals surface area contributed by atoms with Gasteiger partial charge in [-0.3, -0.25) is 9.80 Å². The Kier molecular flexibility index (Phi) is 8.14. The third-order valence-electron chi connectivity index (χ3n) is 5.82.